The Hall–Kier alpha value is -2.05. The molecule has 1 amide bonds. The number of hydrogen-bond donors (Lipinski definition) is 2. The molecule has 0 unspecified atom stereocenters. The number of nitrogens with zero attached hydrogens (tertiary/aromatic N) is 2. The number of aromatic nitrogens is 2. The van der Waals surface area contributed by atoms with Crippen LogP contribution in [0.3, 0.4) is 0 Å². The molecule has 0 radical (unpaired) electrons. The first-order chi connectivity index (χ1) is 8.99. The zero-order valence-electron chi connectivity index (χ0n) is 9.30. The molecule has 1 aromatic heterocycles. The normalized spacial score (nSPS) is 10.2. The second-order valence-electron chi connectivity index (χ2n) is 3.49. The molecule has 0 saturated heterocycles. The van der Waals surface area contributed by atoms with Crippen molar-refractivity contribution in [1.82, 2.24) is 9.89 Å². The van der Waals surface area contributed by atoms with Crippen molar-refractivity contribution in [1.29, 1.82) is 0 Å². The second kappa shape index (κ2) is 5.29. The van der Waals surface area contributed by atoms with Crippen molar-refractivity contribution in [3.05, 3.63) is 51.8 Å². The van der Waals surface area contributed by atoms with Crippen LogP contribution in [0.5, 0.6) is 0 Å². The molecule has 0 bridgehead atoms. The molecule has 2 rings (SSSR count). The van der Waals surface area contributed by atoms with Crippen LogP contribution < -0.4 is 5.43 Å². The molecule has 2 aromatic rings. The molecule has 8 heteroatoms. The molecule has 1 heterocycles. The van der Waals surface area contributed by atoms with Crippen LogP contribution in [-0.4, -0.2) is 26.9 Å². The van der Waals surface area contributed by atoms with E-state index in [9.17, 15) is 9.59 Å². The van der Waals surface area contributed by atoms with Crippen molar-refractivity contribution in [2.45, 2.75) is 0 Å². The average Bonchev–Trinajstić information content (AvgIpc) is 2.77. The molecule has 6 nitrogen and oxygen atoms in total. The molecular formula is C11H7Cl2N3O3. The molecule has 0 aliphatic rings. The van der Waals surface area contributed by atoms with Gasteiger partial charge < -0.3 is 5.11 Å². The quantitative estimate of drug-likeness (QED) is 0.910. The SMILES string of the molecule is O=C(O)c1ccn(NC(=O)c2c(Cl)cccc2Cl)n1. The zero-order chi connectivity index (χ0) is 14.0. The minimum Gasteiger partial charge on any atom is -0.476 e. The zero-order valence-corrected chi connectivity index (χ0v) is 10.8. The van der Waals surface area contributed by atoms with Gasteiger partial charge in [-0.25, -0.2) is 10.2 Å². The molecule has 0 spiro atoms. The molecule has 2 N–H and O–H groups in total. The molecule has 0 fully saturated rings. The Morgan fingerprint density at radius 2 is 1.84 bits per heavy atom. The number of carboxylic acid groups (broad SMARTS) is 1. The van der Waals surface area contributed by atoms with Crippen LogP contribution in [0.1, 0.15) is 20.8 Å². The van der Waals surface area contributed by atoms with E-state index >= 15 is 0 Å². The van der Waals surface area contributed by atoms with Crippen LogP contribution in [-0.2, 0) is 0 Å². The molecule has 1 aromatic carbocycles. The van der Waals surface area contributed by atoms with Crippen molar-refractivity contribution in [3.63, 3.8) is 0 Å². The van der Waals surface area contributed by atoms with Gasteiger partial charge in [-0.3, -0.25) is 4.79 Å². The fourth-order valence-corrected chi connectivity index (χ4v) is 1.94. The number of rotatable bonds is 3. The lowest BCUT2D eigenvalue weighted by molar-refractivity contribution is 0.0689. The van der Waals surface area contributed by atoms with Gasteiger partial charge in [-0.1, -0.05) is 29.3 Å². The Labute approximate surface area is 117 Å². The summed E-state index contributed by atoms with van der Waals surface area (Å²) >= 11 is 11.8. The number of halogens is 2. The Kier molecular flexibility index (Phi) is 3.73. The summed E-state index contributed by atoms with van der Waals surface area (Å²) in [5, 5.41) is 12.7. The van der Waals surface area contributed by atoms with Crippen LogP contribution in [0, 0.1) is 0 Å². The third-order valence-corrected chi connectivity index (χ3v) is 2.84. The maximum atomic E-state index is 11.9. The van der Waals surface area contributed by atoms with Crippen LogP contribution >= 0.6 is 23.2 Å². The molecule has 0 saturated carbocycles. The fraction of sp³-hybridized carbons (Fsp3) is 0. The highest BCUT2D eigenvalue weighted by molar-refractivity contribution is 6.40. The van der Waals surface area contributed by atoms with Crippen molar-refractivity contribution in [3.8, 4) is 0 Å². The smallest absolute Gasteiger partial charge is 0.356 e. The van der Waals surface area contributed by atoms with Gasteiger partial charge in [-0.15, -0.1) is 5.10 Å². The third-order valence-electron chi connectivity index (χ3n) is 2.21. The first-order valence-electron chi connectivity index (χ1n) is 5.03. The molecule has 0 atom stereocenters. The van der Waals surface area contributed by atoms with Crippen molar-refractivity contribution >= 4 is 35.1 Å². The van der Waals surface area contributed by atoms with Gasteiger partial charge in [0, 0.05) is 6.20 Å². The predicted molar refractivity (Wildman–Crippen MR) is 69.3 cm³/mol. The van der Waals surface area contributed by atoms with Crippen LogP contribution in [0.2, 0.25) is 10.0 Å². The number of carboxylic acids is 1. The number of hydrogen-bond acceptors (Lipinski definition) is 3. The predicted octanol–water partition coefficient (Wildman–Crippen LogP) is 2.27. The third kappa shape index (κ3) is 2.86. The van der Waals surface area contributed by atoms with E-state index in [0.29, 0.717) is 0 Å². The number of carbonyl (C=O) groups is 2. The van der Waals surface area contributed by atoms with Crippen molar-refractivity contribution in [2.24, 2.45) is 0 Å². The van der Waals surface area contributed by atoms with Crippen molar-refractivity contribution < 1.29 is 14.7 Å². The minimum absolute atomic E-state index is 0.0956. The summed E-state index contributed by atoms with van der Waals surface area (Å²) in [5.74, 6) is -1.78. The Morgan fingerprint density at radius 1 is 1.21 bits per heavy atom. The highest BCUT2D eigenvalue weighted by Crippen LogP contribution is 2.24. The van der Waals surface area contributed by atoms with Crippen LogP contribution in [0.4, 0.5) is 0 Å². The summed E-state index contributed by atoms with van der Waals surface area (Å²) in [6, 6.07) is 5.90. The second-order valence-corrected chi connectivity index (χ2v) is 4.30. The highest BCUT2D eigenvalue weighted by atomic mass is 35.5. The van der Waals surface area contributed by atoms with E-state index in [1.807, 2.05) is 0 Å². The van der Waals surface area contributed by atoms with E-state index in [1.165, 1.54) is 24.4 Å². The topological polar surface area (TPSA) is 84.2 Å². The summed E-state index contributed by atoms with van der Waals surface area (Å²) in [6.45, 7) is 0. The van der Waals surface area contributed by atoms with Gasteiger partial charge in [-0.2, -0.15) is 4.79 Å². The standard InChI is InChI=1S/C11H7Cl2N3O3/c12-6-2-1-3-7(13)9(6)10(17)15-16-5-4-8(14-16)11(18)19/h1-5H,(H,15,17)(H,18,19). The van der Waals surface area contributed by atoms with E-state index in [-0.39, 0.29) is 21.3 Å². The number of benzene rings is 1. The molecular weight excluding hydrogens is 293 g/mol. The fourth-order valence-electron chi connectivity index (χ4n) is 1.37. The minimum atomic E-state index is -1.19. The van der Waals surface area contributed by atoms with Gasteiger partial charge in [0.25, 0.3) is 5.91 Å². The number of aromatic carboxylic acids is 1. The highest BCUT2D eigenvalue weighted by Gasteiger charge is 2.15. The van der Waals surface area contributed by atoms with E-state index in [2.05, 4.69) is 10.5 Å². The summed E-state index contributed by atoms with van der Waals surface area (Å²) in [4.78, 5) is 23.6. The lowest BCUT2D eigenvalue weighted by atomic mass is 10.2. The van der Waals surface area contributed by atoms with Gasteiger partial charge in [0.1, 0.15) is 0 Å². The van der Waals surface area contributed by atoms with Gasteiger partial charge >= 0.3 is 5.97 Å². The first kappa shape index (κ1) is 13.4. The molecule has 98 valence electrons. The lowest BCUT2D eigenvalue weighted by Crippen LogP contribution is -2.24. The van der Waals surface area contributed by atoms with Crippen LogP contribution in [0.15, 0.2) is 30.5 Å². The monoisotopic (exact) mass is 299 g/mol. The molecule has 0 aliphatic heterocycles. The lowest BCUT2D eigenvalue weighted by Gasteiger charge is -2.07. The number of amides is 1. The summed E-state index contributed by atoms with van der Waals surface area (Å²) in [6.07, 6.45) is 1.30. The summed E-state index contributed by atoms with van der Waals surface area (Å²) < 4.78 is 0. The van der Waals surface area contributed by atoms with Crippen LogP contribution in [0.25, 0.3) is 0 Å². The maximum Gasteiger partial charge on any atom is 0.356 e. The van der Waals surface area contributed by atoms with E-state index < -0.39 is 11.9 Å². The maximum absolute atomic E-state index is 11.9. The number of carbonyl (C=O) groups excluding carboxylic acids is 1. The largest absolute Gasteiger partial charge is 0.476 e. The first-order valence-corrected chi connectivity index (χ1v) is 5.79. The van der Waals surface area contributed by atoms with Gasteiger partial charge in [0.15, 0.2) is 5.69 Å². The number of nitrogens with one attached hydrogen (secondary N) is 1. The Morgan fingerprint density at radius 3 is 2.37 bits per heavy atom. The van der Waals surface area contributed by atoms with Gasteiger partial charge in [0.2, 0.25) is 0 Å². The molecule has 0 aliphatic carbocycles. The average molecular weight is 300 g/mol. The van der Waals surface area contributed by atoms with Gasteiger partial charge in [0.05, 0.1) is 15.6 Å². The van der Waals surface area contributed by atoms with Crippen molar-refractivity contribution in [2.75, 3.05) is 5.43 Å². The summed E-state index contributed by atoms with van der Waals surface area (Å²) in [5.41, 5.74) is 2.26. The van der Waals surface area contributed by atoms with Gasteiger partial charge in [-0.05, 0) is 18.2 Å². The molecule has 19 heavy (non-hydrogen) atoms. The van der Waals surface area contributed by atoms with E-state index in [4.69, 9.17) is 28.3 Å². The van der Waals surface area contributed by atoms with E-state index in [1.54, 1.807) is 6.07 Å². The van der Waals surface area contributed by atoms with E-state index in [0.717, 1.165) is 4.79 Å². The Bertz CT molecular complexity index is 634. The Balaban J connectivity index is 2.23. The summed E-state index contributed by atoms with van der Waals surface area (Å²) in [7, 11) is 0.